The molecule has 0 spiro atoms. The van der Waals surface area contributed by atoms with Crippen LogP contribution in [0.5, 0.6) is 5.75 Å². The Labute approximate surface area is 139 Å². The van der Waals surface area contributed by atoms with Gasteiger partial charge >= 0.3 is 6.18 Å². The van der Waals surface area contributed by atoms with Gasteiger partial charge in [0, 0.05) is 18.1 Å². The van der Waals surface area contributed by atoms with Gasteiger partial charge in [-0.15, -0.1) is 11.8 Å². The highest BCUT2D eigenvalue weighted by atomic mass is 32.2. The van der Waals surface area contributed by atoms with E-state index in [0.717, 1.165) is 18.0 Å². The van der Waals surface area contributed by atoms with E-state index in [4.69, 9.17) is 0 Å². The summed E-state index contributed by atoms with van der Waals surface area (Å²) in [6, 6.07) is 2.53. The van der Waals surface area contributed by atoms with Crippen molar-refractivity contribution < 1.29 is 18.3 Å². The maximum Gasteiger partial charge on any atom is 0.417 e. The minimum Gasteiger partial charge on any atom is -0.506 e. The first kappa shape index (κ1) is 16.6. The Bertz CT molecular complexity index is 908. The van der Waals surface area contributed by atoms with E-state index in [1.54, 1.807) is 17.7 Å². The zero-order chi connectivity index (χ0) is 17.5. The topological polar surface area (TPSA) is 63.8 Å². The molecule has 0 aliphatic carbocycles. The number of aryl methyl sites for hydroxylation is 1. The van der Waals surface area contributed by atoms with Crippen molar-refractivity contribution in [1.82, 2.24) is 19.5 Å². The summed E-state index contributed by atoms with van der Waals surface area (Å²) < 4.78 is 40.1. The van der Waals surface area contributed by atoms with Gasteiger partial charge in [-0.05, 0) is 17.9 Å². The first-order valence-corrected chi connectivity index (χ1v) is 8.01. The third-order valence-electron chi connectivity index (χ3n) is 3.39. The van der Waals surface area contributed by atoms with Gasteiger partial charge in [-0.1, -0.05) is 6.92 Å². The summed E-state index contributed by atoms with van der Waals surface area (Å²) in [5.41, 5.74) is 0.125. The number of pyridine rings is 2. The number of fused-ring (bicyclic) bond motifs is 1. The van der Waals surface area contributed by atoms with E-state index in [1.807, 2.05) is 6.92 Å². The van der Waals surface area contributed by atoms with Gasteiger partial charge in [-0.3, -0.25) is 0 Å². The van der Waals surface area contributed by atoms with E-state index in [2.05, 4.69) is 15.0 Å². The summed E-state index contributed by atoms with van der Waals surface area (Å²) in [5.74, 6) is 1.16. The molecule has 5 nitrogen and oxygen atoms in total. The van der Waals surface area contributed by atoms with Gasteiger partial charge in [0.05, 0.1) is 11.8 Å². The molecule has 0 aromatic carbocycles. The first-order chi connectivity index (χ1) is 11.3. The number of thioether (sulfide) groups is 1. The number of rotatable bonds is 3. The van der Waals surface area contributed by atoms with E-state index in [0.29, 0.717) is 22.1 Å². The van der Waals surface area contributed by atoms with Crippen molar-refractivity contribution in [3.05, 3.63) is 30.1 Å². The van der Waals surface area contributed by atoms with E-state index >= 15 is 0 Å². The predicted octanol–water partition coefficient (Wildman–Crippen LogP) is 3.87. The largest absolute Gasteiger partial charge is 0.506 e. The highest BCUT2D eigenvalue weighted by Crippen LogP contribution is 2.34. The van der Waals surface area contributed by atoms with Crippen molar-refractivity contribution in [2.45, 2.75) is 18.0 Å². The van der Waals surface area contributed by atoms with E-state index in [1.165, 1.54) is 18.0 Å². The average molecular weight is 354 g/mol. The lowest BCUT2D eigenvalue weighted by molar-refractivity contribution is -0.137. The Morgan fingerprint density at radius 1 is 1.21 bits per heavy atom. The molecule has 126 valence electrons. The third kappa shape index (κ3) is 2.91. The molecule has 0 bridgehead atoms. The summed E-state index contributed by atoms with van der Waals surface area (Å²) in [5, 5.41) is 9.61. The molecule has 0 atom stereocenters. The number of hydrogen-bond acceptors (Lipinski definition) is 5. The predicted molar refractivity (Wildman–Crippen MR) is 84.8 cm³/mol. The Balaban J connectivity index is 2.19. The zero-order valence-corrected chi connectivity index (χ0v) is 13.6. The number of hydrogen-bond donors (Lipinski definition) is 1. The number of alkyl halides is 3. The minimum atomic E-state index is -4.47. The number of aromatic hydroxyl groups is 1. The highest BCUT2D eigenvalue weighted by molar-refractivity contribution is 7.99. The van der Waals surface area contributed by atoms with Crippen LogP contribution in [-0.4, -0.2) is 30.4 Å². The Morgan fingerprint density at radius 2 is 1.96 bits per heavy atom. The van der Waals surface area contributed by atoms with Crippen LogP contribution < -0.4 is 0 Å². The molecule has 9 heteroatoms. The van der Waals surface area contributed by atoms with Gasteiger partial charge in [0.2, 0.25) is 0 Å². The van der Waals surface area contributed by atoms with Gasteiger partial charge in [-0.25, -0.2) is 15.0 Å². The Hall–Kier alpha value is -2.29. The fraction of sp³-hybridized carbons (Fsp3) is 0.267. The molecule has 0 fully saturated rings. The second kappa shape index (κ2) is 5.97. The second-order valence-corrected chi connectivity index (χ2v) is 6.34. The summed E-state index contributed by atoms with van der Waals surface area (Å²) in [6.45, 7) is 1.95. The molecule has 3 rings (SSSR count). The van der Waals surface area contributed by atoms with Gasteiger partial charge < -0.3 is 9.67 Å². The zero-order valence-electron chi connectivity index (χ0n) is 12.8. The molecule has 0 amide bonds. The van der Waals surface area contributed by atoms with Crippen LogP contribution in [0.3, 0.4) is 0 Å². The average Bonchev–Trinajstić information content (AvgIpc) is 2.83. The monoisotopic (exact) mass is 354 g/mol. The molecule has 0 aliphatic heterocycles. The third-order valence-corrected chi connectivity index (χ3v) is 4.30. The SMILES string of the molecule is CCSc1cc(O)cnc1-c1nc2cc(C(F)(F)F)cnc2n1C. The maximum atomic E-state index is 12.8. The van der Waals surface area contributed by atoms with Crippen molar-refractivity contribution in [2.24, 2.45) is 7.05 Å². The quantitative estimate of drug-likeness (QED) is 0.724. The van der Waals surface area contributed by atoms with Crippen LogP contribution in [0.2, 0.25) is 0 Å². The molecule has 0 aliphatic rings. The van der Waals surface area contributed by atoms with Crippen molar-refractivity contribution in [3.8, 4) is 17.3 Å². The maximum absolute atomic E-state index is 12.8. The molecule has 3 heterocycles. The molecule has 1 N–H and O–H groups in total. The Morgan fingerprint density at radius 3 is 2.62 bits per heavy atom. The van der Waals surface area contributed by atoms with Crippen LogP contribution in [0.15, 0.2) is 29.4 Å². The Kier molecular flexibility index (Phi) is 4.12. The minimum absolute atomic E-state index is 0.0194. The molecule has 0 saturated carbocycles. The summed E-state index contributed by atoms with van der Waals surface area (Å²) in [4.78, 5) is 13.0. The smallest absolute Gasteiger partial charge is 0.417 e. The number of halogens is 3. The van der Waals surface area contributed by atoms with Gasteiger partial charge in [-0.2, -0.15) is 13.2 Å². The normalized spacial score (nSPS) is 12.0. The van der Waals surface area contributed by atoms with Crippen LogP contribution in [0, 0.1) is 0 Å². The van der Waals surface area contributed by atoms with Gasteiger partial charge in [0.15, 0.2) is 11.5 Å². The number of imidazole rings is 1. The first-order valence-electron chi connectivity index (χ1n) is 7.03. The summed E-state index contributed by atoms with van der Waals surface area (Å²) in [6.07, 6.45) is -2.40. The lowest BCUT2D eigenvalue weighted by Gasteiger charge is -2.07. The summed E-state index contributed by atoms with van der Waals surface area (Å²) in [7, 11) is 1.67. The van der Waals surface area contributed by atoms with E-state index < -0.39 is 11.7 Å². The lowest BCUT2D eigenvalue weighted by Crippen LogP contribution is -2.05. The standard InChI is InChI=1S/C15H13F3N4OS/c1-3-24-11-5-9(23)7-19-12(11)14-21-10-4-8(15(16,17)18)6-20-13(10)22(14)2/h4-7,23H,3H2,1-2H3. The fourth-order valence-electron chi connectivity index (χ4n) is 2.31. The van der Waals surface area contributed by atoms with Crippen LogP contribution >= 0.6 is 11.8 Å². The van der Waals surface area contributed by atoms with Crippen LogP contribution in [0.25, 0.3) is 22.7 Å². The molecule has 3 aromatic rings. The fourth-order valence-corrected chi connectivity index (χ4v) is 3.11. The number of aromatic nitrogens is 4. The van der Waals surface area contributed by atoms with Crippen LogP contribution in [-0.2, 0) is 13.2 Å². The molecule has 0 unspecified atom stereocenters. The molecular weight excluding hydrogens is 341 g/mol. The van der Waals surface area contributed by atoms with Gasteiger partial charge in [0.25, 0.3) is 0 Å². The van der Waals surface area contributed by atoms with Crippen LogP contribution in [0.1, 0.15) is 12.5 Å². The highest BCUT2D eigenvalue weighted by Gasteiger charge is 2.32. The van der Waals surface area contributed by atoms with E-state index in [9.17, 15) is 18.3 Å². The van der Waals surface area contributed by atoms with Crippen molar-refractivity contribution in [3.63, 3.8) is 0 Å². The molecule has 24 heavy (non-hydrogen) atoms. The van der Waals surface area contributed by atoms with E-state index in [-0.39, 0.29) is 11.3 Å². The number of nitrogens with zero attached hydrogens (tertiary/aromatic N) is 4. The molecule has 0 radical (unpaired) electrons. The van der Waals surface area contributed by atoms with Crippen LogP contribution in [0.4, 0.5) is 13.2 Å². The summed E-state index contributed by atoms with van der Waals surface area (Å²) >= 11 is 1.46. The second-order valence-electron chi connectivity index (χ2n) is 5.03. The molecular formula is C15H13F3N4OS. The van der Waals surface area contributed by atoms with Crippen molar-refractivity contribution in [1.29, 1.82) is 0 Å². The van der Waals surface area contributed by atoms with Crippen molar-refractivity contribution in [2.75, 3.05) is 5.75 Å². The van der Waals surface area contributed by atoms with Gasteiger partial charge in [0.1, 0.15) is 17.0 Å². The lowest BCUT2D eigenvalue weighted by atomic mass is 10.2. The van der Waals surface area contributed by atoms with Crippen molar-refractivity contribution >= 4 is 22.9 Å². The molecule has 0 saturated heterocycles. The molecule has 3 aromatic heterocycles.